The number of amides is 2. The molecule has 0 aromatic heterocycles. The van der Waals surface area contributed by atoms with Crippen LogP contribution < -0.4 is 10.6 Å². The van der Waals surface area contributed by atoms with Crippen molar-refractivity contribution >= 4 is 12.0 Å². The minimum atomic E-state index is -0.962. The van der Waals surface area contributed by atoms with Crippen LogP contribution in [0.3, 0.4) is 0 Å². The first-order valence-electron chi connectivity index (χ1n) is 6.93. The Hall–Kier alpha value is -2.04. The number of hydrogen-bond acceptors (Lipinski definition) is 2. The molecule has 0 heterocycles. The molecule has 2 atom stereocenters. The molecule has 1 aliphatic carbocycles. The van der Waals surface area contributed by atoms with Gasteiger partial charge in [0.1, 0.15) is 0 Å². The van der Waals surface area contributed by atoms with E-state index in [1.165, 1.54) is 6.07 Å². The van der Waals surface area contributed by atoms with Crippen LogP contribution in [0.5, 0.6) is 0 Å². The molecule has 108 valence electrons. The van der Waals surface area contributed by atoms with Crippen molar-refractivity contribution in [2.24, 2.45) is 5.92 Å². The first-order valence-corrected chi connectivity index (χ1v) is 6.93. The average molecular weight is 276 g/mol. The Morgan fingerprint density at radius 2 is 2.15 bits per heavy atom. The van der Waals surface area contributed by atoms with Gasteiger partial charge in [0, 0.05) is 12.6 Å². The van der Waals surface area contributed by atoms with Gasteiger partial charge in [0.25, 0.3) is 0 Å². The number of aromatic carboxylic acids is 1. The molecule has 5 heteroatoms. The van der Waals surface area contributed by atoms with Crippen LogP contribution in [0.25, 0.3) is 0 Å². The van der Waals surface area contributed by atoms with Crippen LogP contribution in [0.1, 0.15) is 42.1 Å². The zero-order chi connectivity index (χ0) is 14.5. The van der Waals surface area contributed by atoms with Gasteiger partial charge in [0.05, 0.1) is 5.56 Å². The molecule has 2 rings (SSSR count). The number of carbonyl (C=O) groups is 2. The summed E-state index contributed by atoms with van der Waals surface area (Å²) in [4.78, 5) is 22.7. The lowest BCUT2D eigenvalue weighted by atomic mass is 10.1. The van der Waals surface area contributed by atoms with Crippen LogP contribution >= 0.6 is 0 Å². The van der Waals surface area contributed by atoms with Gasteiger partial charge in [0.15, 0.2) is 0 Å². The van der Waals surface area contributed by atoms with Gasteiger partial charge in [-0.3, -0.25) is 0 Å². The topological polar surface area (TPSA) is 78.4 Å². The molecule has 1 aromatic carbocycles. The summed E-state index contributed by atoms with van der Waals surface area (Å²) < 4.78 is 0. The number of benzene rings is 1. The van der Waals surface area contributed by atoms with Gasteiger partial charge in [-0.1, -0.05) is 25.5 Å². The summed E-state index contributed by atoms with van der Waals surface area (Å²) in [5, 5.41) is 14.6. The van der Waals surface area contributed by atoms with Crippen LogP contribution in [0.4, 0.5) is 4.79 Å². The summed E-state index contributed by atoms with van der Waals surface area (Å²) in [5.41, 5.74) is 1.01. The van der Waals surface area contributed by atoms with Crippen molar-refractivity contribution in [3.8, 4) is 0 Å². The number of urea groups is 1. The standard InChI is InChI=1S/C15H20N2O3/c1-10-4-2-7-13(10)17-15(20)16-9-11-5-3-6-12(8-11)14(18)19/h3,5-6,8,10,13H,2,4,7,9H2,1H3,(H,18,19)(H2,16,17,20). The second-order valence-electron chi connectivity index (χ2n) is 5.35. The fourth-order valence-electron chi connectivity index (χ4n) is 2.58. The Balaban J connectivity index is 1.84. The van der Waals surface area contributed by atoms with Crippen molar-refractivity contribution in [1.29, 1.82) is 0 Å². The van der Waals surface area contributed by atoms with E-state index in [4.69, 9.17) is 5.11 Å². The summed E-state index contributed by atoms with van der Waals surface area (Å²) in [6.07, 6.45) is 3.35. The molecule has 0 saturated heterocycles. The molecule has 2 amide bonds. The van der Waals surface area contributed by atoms with Crippen LogP contribution in [-0.4, -0.2) is 23.1 Å². The zero-order valence-corrected chi connectivity index (χ0v) is 11.6. The molecule has 0 radical (unpaired) electrons. The van der Waals surface area contributed by atoms with Crippen molar-refractivity contribution in [3.63, 3.8) is 0 Å². The number of carbonyl (C=O) groups excluding carboxylic acids is 1. The van der Waals surface area contributed by atoms with E-state index in [9.17, 15) is 9.59 Å². The third kappa shape index (κ3) is 3.73. The van der Waals surface area contributed by atoms with Gasteiger partial charge in [-0.15, -0.1) is 0 Å². The molecular formula is C15H20N2O3. The van der Waals surface area contributed by atoms with E-state index in [-0.39, 0.29) is 17.6 Å². The summed E-state index contributed by atoms with van der Waals surface area (Å²) in [7, 11) is 0. The minimum Gasteiger partial charge on any atom is -0.478 e. The zero-order valence-electron chi connectivity index (χ0n) is 11.6. The van der Waals surface area contributed by atoms with E-state index in [2.05, 4.69) is 17.6 Å². The van der Waals surface area contributed by atoms with Crippen molar-refractivity contribution in [2.45, 2.75) is 38.8 Å². The quantitative estimate of drug-likeness (QED) is 0.790. The van der Waals surface area contributed by atoms with Crippen molar-refractivity contribution < 1.29 is 14.7 Å². The van der Waals surface area contributed by atoms with Gasteiger partial charge in [0.2, 0.25) is 0 Å². The van der Waals surface area contributed by atoms with Gasteiger partial charge < -0.3 is 15.7 Å². The highest BCUT2D eigenvalue weighted by atomic mass is 16.4. The molecule has 0 bridgehead atoms. The monoisotopic (exact) mass is 276 g/mol. The summed E-state index contributed by atoms with van der Waals surface area (Å²) >= 11 is 0. The third-order valence-electron chi connectivity index (χ3n) is 3.80. The number of hydrogen-bond donors (Lipinski definition) is 3. The minimum absolute atomic E-state index is 0.190. The number of carboxylic acid groups (broad SMARTS) is 1. The van der Waals surface area contributed by atoms with Crippen molar-refractivity contribution in [1.82, 2.24) is 10.6 Å². The summed E-state index contributed by atoms with van der Waals surface area (Å²) in [6, 6.07) is 6.64. The molecule has 0 aliphatic heterocycles. The Bertz CT molecular complexity index is 502. The first kappa shape index (κ1) is 14.4. The van der Waals surface area contributed by atoms with E-state index in [1.807, 2.05) is 0 Å². The Kier molecular flexibility index (Phi) is 4.61. The maximum absolute atomic E-state index is 11.8. The fraction of sp³-hybridized carbons (Fsp3) is 0.467. The Labute approximate surface area is 118 Å². The second kappa shape index (κ2) is 6.41. The molecule has 1 aliphatic rings. The molecule has 1 fully saturated rings. The molecule has 1 saturated carbocycles. The Morgan fingerprint density at radius 3 is 2.80 bits per heavy atom. The van der Waals surface area contributed by atoms with E-state index in [1.54, 1.807) is 18.2 Å². The molecule has 3 N–H and O–H groups in total. The highest BCUT2D eigenvalue weighted by Gasteiger charge is 2.24. The van der Waals surface area contributed by atoms with E-state index in [0.717, 1.165) is 24.8 Å². The van der Waals surface area contributed by atoms with Gasteiger partial charge in [-0.05, 0) is 36.5 Å². The van der Waals surface area contributed by atoms with E-state index >= 15 is 0 Å². The van der Waals surface area contributed by atoms with Gasteiger partial charge in [-0.25, -0.2) is 9.59 Å². The van der Waals surface area contributed by atoms with Crippen molar-refractivity contribution in [2.75, 3.05) is 0 Å². The van der Waals surface area contributed by atoms with Crippen LogP contribution in [0.15, 0.2) is 24.3 Å². The molecule has 20 heavy (non-hydrogen) atoms. The maximum atomic E-state index is 11.8. The molecule has 1 aromatic rings. The van der Waals surface area contributed by atoms with Crippen molar-refractivity contribution in [3.05, 3.63) is 35.4 Å². The highest BCUT2D eigenvalue weighted by molar-refractivity contribution is 5.87. The fourth-order valence-corrected chi connectivity index (χ4v) is 2.58. The van der Waals surface area contributed by atoms with E-state index < -0.39 is 5.97 Å². The highest BCUT2D eigenvalue weighted by Crippen LogP contribution is 2.24. The smallest absolute Gasteiger partial charge is 0.335 e. The maximum Gasteiger partial charge on any atom is 0.335 e. The van der Waals surface area contributed by atoms with Crippen LogP contribution in [0.2, 0.25) is 0 Å². The predicted octanol–water partition coefficient (Wildman–Crippen LogP) is 2.37. The third-order valence-corrected chi connectivity index (χ3v) is 3.80. The lowest BCUT2D eigenvalue weighted by molar-refractivity contribution is 0.0696. The summed E-state index contributed by atoms with van der Waals surface area (Å²) in [5.74, 6) is -0.438. The lowest BCUT2D eigenvalue weighted by Gasteiger charge is -2.17. The number of carboxylic acids is 1. The molecular weight excluding hydrogens is 256 g/mol. The SMILES string of the molecule is CC1CCCC1NC(=O)NCc1cccc(C(=O)O)c1. The van der Waals surface area contributed by atoms with Crippen LogP contribution in [0, 0.1) is 5.92 Å². The largest absolute Gasteiger partial charge is 0.478 e. The normalized spacial score (nSPS) is 21.4. The molecule has 2 unspecified atom stereocenters. The van der Waals surface area contributed by atoms with Gasteiger partial charge in [-0.2, -0.15) is 0 Å². The second-order valence-corrected chi connectivity index (χ2v) is 5.35. The van der Waals surface area contributed by atoms with Crippen LogP contribution in [-0.2, 0) is 6.54 Å². The average Bonchev–Trinajstić information content (AvgIpc) is 2.82. The number of rotatable bonds is 4. The predicted molar refractivity (Wildman–Crippen MR) is 75.6 cm³/mol. The molecule has 5 nitrogen and oxygen atoms in total. The summed E-state index contributed by atoms with van der Waals surface area (Å²) in [6.45, 7) is 2.47. The molecule has 0 spiro atoms. The van der Waals surface area contributed by atoms with Gasteiger partial charge >= 0.3 is 12.0 Å². The Morgan fingerprint density at radius 1 is 1.35 bits per heavy atom. The van der Waals surface area contributed by atoms with E-state index in [0.29, 0.717) is 12.5 Å². The lowest BCUT2D eigenvalue weighted by Crippen LogP contribution is -2.42. The first-order chi connectivity index (χ1) is 9.56. The number of nitrogens with one attached hydrogen (secondary N) is 2.